The summed E-state index contributed by atoms with van der Waals surface area (Å²) in [6.07, 6.45) is 5.92. The third-order valence-electron chi connectivity index (χ3n) is 11.9. The van der Waals surface area contributed by atoms with Gasteiger partial charge in [-0.2, -0.15) is 4.68 Å². The number of nitrogens with two attached hydrogens (primary N) is 1. The zero-order valence-corrected chi connectivity index (χ0v) is 41.6. The fraction of sp³-hybridized carbons (Fsp3) is 0.327. The van der Waals surface area contributed by atoms with Crippen LogP contribution in [-0.4, -0.2) is 113 Å². The van der Waals surface area contributed by atoms with Crippen molar-refractivity contribution in [2.45, 2.75) is 50.7 Å². The van der Waals surface area contributed by atoms with Gasteiger partial charge in [0, 0.05) is 78.0 Å². The van der Waals surface area contributed by atoms with E-state index in [4.69, 9.17) is 15.7 Å². The van der Waals surface area contributed by atoms with Gasteiger partial charge in [-0.15, -0.1) is 38.0 Å². The van der Waals surface area contributed by atoms with Crippen molar-refractivity contribution in [2.24, 2.45) is 21.9 Å². The molecule has 19 nitrogen and oxygen atoms in total. The smallest absolute Gasteiger partial charge is 0.301 e. The predicted molar refractivity (Wildman–Crippen MR) is 279 cm³/mol. The average Bonchev–Trinajstić information content (AvgIpc) is 4.25. The van der Waals surface area contributed by atoms with Crippen molar-refractivity contribution < 1.29 is 9.59 Å². The molecule has 1 fully saturated rings. The molecule has 22 heteroatoms. The maximum atomic E-state index is 13.6. The summed E-state index contributed by atoms with van der Waals surface area (Å²) in [4.78, 5) is 60.4. The number of nitrogens with zero attached hydrogens (tertiary/aromatic N) is 11. The minimum atomic E-state index is -0.386. The standard InChI is InChI=1S/C49H54N16O3S3/c1-2-28-69-48-56-42(51-22-20-50)41-43(57-48)64(62-59-41)30-33-12-10-32(11-13-33)7-6-21-52-45(67)37-18-25-63(26-19-37)27-23-53-44(66)36-16-14-34(15-17-36)38-31-71-49(55-38)65-46(68)40(58-60-47-54-24-29-70-47)39(61-65)35-8-4-3-5-9-35/h3-5,8-17,24,29,31,37,61H,2,6-7,18-23,25-28,30,50H2,1H3,(H,52,67)(H,53,66)(H,51,56,57). The second-order valence-electron chi connectivity index (χ2n) is 16.9. The number of hydrogen-bond acceptors (Lipinski definition) is 17. The highest BCUT2D eigenvalue weighted by Crippen LogP contribution is 2.31. The number of anilines is 1. The van der Waals surface area contributed by atoms with Crippen LogP contribution >= 0.6 is 34.4 Å². The first-order valence-corrected chi connectivity index (χ1v) is 26.4. The zero-order chi connectivity index (χ0) is 48.9. The Morgan fingerprint density at radius 1 is 0.901 bits per heavy atom. The Bertz CT molecular complexity index is 3110. The average molecular weight is 1010 g/mol. The molecule has 0 aliphatic carbocycles. The molecule has 0 bridgehead atoms. The lowest BCUT2D eigenvalue weighted by molar-refractivity contribution is -0.126. The molecule has 9 rings (SSSR count). The number of fused-ring (bicyclic) bond motifs is 1. The minimum Gasteiger partial charge on any atom is -0.367 e. The van der Waals surface area contributed by atoms with Crippen LogP contribution in [0.2, 0.25) is 0 Å². The van der Waals surface area contributed by atoms with Crippen LogP contribution in [0.1, 0.15) is 54.1 Å². The molecule has 1 aliphatic heterocycles. The first-order chi connectivity index (χ1) is 34.8. The van der Waals surface area contributed by atoms with E-state index < -0.39 is 0 Å². The molecule has 6 N–H and O–H groups in total. The molecule has 3 aromatic carbocycles. The highest BCUT2D eigenvalue weighted by atomic mass is 32.2. The zero-order valence-electron chi connectivity index (χ0n) is 39.2. The van der Waals surface area contributed by atoms with Gasteiger partial charge in [0.2, 0.25) is 16.2 Å². The number of aryl methyl sites for hydroxylation is 1. The molecule has 8 aromatic rings. The summed E-state index contributed by atoms with van der Waals surface area (Å²) < 4.78 is 3.18. The largest absolute Gasteiger partial charge is 0.367 e. The number of H-pyrrole nitrogens is 1. The van der Waals surface area contributed by atoms with E-state index in [9.17, 15) is 14.4 Å². The Kier molecular flexibility index (Phi) is 16.4. The molecule has 0 radical (unpaired) electrons. The molecule has 6 heterocycles. The van der Waals surface area contributed by atoms with E-state index in [0.717, 1.165) is 67.6 Å². The molecule has 1 aliphatic rings. The summed E-state index contributed by atoms with van der Waals surface area (Å²) in [6, 6.07) is 25.2. The number of hydrogen-bond donors (Lipinski definition) is 5. The van der Waals surface area contributed by atoms with Crippen LogP contribution in [0.5, 0.6) is 0 Å². The number of aromatic nitrogens is 9. The number of azo groups is 1. The number of aromatic amines is 1. The van der Waals surface area contributed by atoms with Crippen LogP contribution < -0.4 is 27.2 Å². The molecule has 0 unspecified atom stereocenters. The Labute approximate surface area is 421 Å². The third kappa shape index (κ3) is 12.3. The van der Waals surface area contributed by atoms with Gasteiger partial charge in [0.25, 0.3) is 5.91 Å². The number of piperidine rings is 1. The van der Waals surface area contributed by atoms with Crippen LogP contribution in [-0.2, 0) is 17.8 Å². The van der Waals surface area contributed by atoms with Gasteiger partial charge in [0.05, 0.1) is 17.9 Å². The Morgan fingerprint density at radius 3 is 2.46 bits per heavy atom. The summed E-state index contributed by atoms with van der Waals surface area (Å²) in [6.45, 7) is 7.14. The molecular formula is C49H54N16O3S3. The summed E-state index contributed by atoms with van der Waals surface area (Å²) in [5.74, 6) is 1.51. The van der Waals surface area contributed by atoms with Gasteiger partial charge in [-0.3, -0.25) is 19.5 Å². The Morgan fingerprint density at radius 2 is 1.70 bits per heavy atom. The van der Waals surface area contributed by atoms with Crippen LogP contribution in [0, 0.1) is 5.92 Å². The summed E-state index contributed by atoms with van der Waals surface area (Å²) in [5, 5.41) is 35.1. The van der Waals surface area contributed by atoms with Crippen molar-refractivity contribution in [1.29, 1.82) is 0 Å². The minimum absolute atomic E-state index is 0.0156. The van der Waals surface area contributed by atoms with Gasteiger partial charge >= 0.3 is 5.56 Å². The van der Waals surface area contributed by atoms with E-state index in [1.54, 1.807) is 35.5 Å². The van der Waals surface area contributed by atoms with Crippen molar-refractivity contribution >= 4 is 74.1 Å². The predicted octanol–water partition coefficient (Wildman–Crippen LogP) is 7.47. The number of likely N-dealkylation sites (tertiary alicyclic amines) is 1. The monoisotopic (exact) mass is 1010 g/mol. The van der Waals surface area contributed by atoms with Crippen molar-refractivity contribution in [3.05, 3.63) is 123 Å². The van der Waals surface area contributed by atoms with Crippen molar-refractivity contribution in [2.75, 3.05) is 56.9 Å². The quantitative estimate of drug-likeness (QED) is 0.0192. The van der Waals surface area contributed by atoms with Crippen LogP contribution in [0.15, 0.2) is 116 Å². The molecule has 0 spiro atoms. The number of nitrogens with one attached hydrogen (secondary N) is 4. The highest BCUT2D eigenvalue weighted by Gasteiger charge is 2.25. The van der Waals surface area contributed by atoms with Crippen LogP contribution in [0.3, 0.4) is 0 Å². The fourth-order valence-electron chi connectivity index (χ4n) is 8.11. The number of carbonyl (C=O) groups is 2. The summed E-state index contributed by atoms with van der Waals surface area (Å²) >= 11 is 4.25. The number of thioether (sulfide) groups is 1. The van der Waals surface area contributed by atoms with Gasteiger partial charge in [-0.25, -0.2) is 24.6 Å². The Hall–Kier alpha value is -6.98. The molecule has 0 saturated carbocycles. The van der Waals surface area contributed by atoms with E-state index in [1.165, 1.54) is 32.9 Å². The lowest BCUT2D eigenvalue weighted by Crippen LogP contribution is -2.43. The Balaban J connectivity index is 0.687. The SMILES string of the molecule is CCCSc1nc(NCCN)c2nnn(Cc3ccc(CCCNC(=O)C4CCN(CCNC(=O)c5ccc(-c6csc(-n7[nH]c(-c8ccccc8)c(N=Nc8nccs8)c7=O)n6)cc5)CC4)cc3)c2n1. The van der Waals surface area contributed by atoms with Crippen LogP contribution in [0.25, 0.3) is 38.8 Å². The lowest BCUT2D eigenvalue weighted by Gasteiger charge is -2.31. The number of carbonyl (C=O) groups excluding carboxylic acids is 2. The second-order valence-corrected chi connectivity index (χ2v) is 19.6. The number of amides is 2. The van der Waals surface area contributed by atoms with E-state index in [0.29, 0.717) is 88.6 Å². The summed E-state index contributed by atoms with van der Waals surface area (Å²) in [7, 11) is 0. The molecule has 2 amide bonds. The van der Waals surface area contributed by atoms with Gasteiger partial charge in [0.15, 0.2) is 27.8 Å². The highest BCUT2D eigenvalue weighted by molar-refractivity contribution is 7.99. The number of thiazole rings is 2. The van der Waals surface area contributed by atoms with E-state index >= 15 is 0 Å². The maximum Gasteiger partial charge on any atom is 0.301 e. The second kappa shape index (κ2) is 23.8. The fourth-order valence-corrected chi connectivity index (χ4v) is 10.0. The molecule has 366 valence electrons. The van der Waals surface area contributed by atoms with Crippen LogP contribution in [0.4, 0.5) is 16.6 Å². The molecular weight excluding hydrogens is 957 g/mol. The first kappa shape index (κ1) is 49.0. The molecule has 1 saturated heterocycles. The normalized spacial score (nSPS) is 13.3. The van der Waals surface area contributed by atoms with Crippen molar-refractivity contribution in [1.82, 2.24) is 60.2 Å². The first-order valence-electron chi connectivity index (χ1n) is 23.7. The van der Waals surface area contributed by atoms with Gasteiger partial charge in [-0.05, 0) is 68.5 Å². The van der Waals surface area contributed by atoms with E-state index in [-0.39, 0.29) is 29.0 Å². The van der Waals surface area contributed by atoms with Crippen molar-refractivity contribution in [3.8, 4) is 27.6 Å². The van der Waals surface area contributed by atoms with E-state index in [2.05, 4.69) is 87.6 Å². The van der Waals surface area contributed by atoms with Gasteiger partial charge in [-0.1, -0.05) is 90.6 Å². The van der Waals surface area contributed by atoms with Crippen molar-refractivity contribution in [3.63, 3.8) is 0 Å². The molecule has 0 atom stereocenters. The topological polar surface area (TPSA) is 244 Å². The summed E-state index contributed by atoms with van der Waals surface area (Å²) in [5.41, 5.74) is 12.4. The van der Waals surface area contributed by atoms with Gasteiger partial charge < -0.3 is 26.6 Å². The number of rotatable bonds is 22. The maximum absolute atomic E-state index is 13.6. The number of benzene rings is 3. The third-order valence-corrected chi connectivity index (χ3v) is 14.4. The lowest BCUT2D eigenvalue weighted by atomic mass is 9.96. The molecule has 71 heavy (non-hydrogen) atoms. The van der Waals surface area contributed by atoms with E-state index in [1.807, 2.05) is 52.5 Å². The molecule has 5 aromatic heterocycles. The van der Waals surface area contributed by atoms with Gasteiger partial charge in [0.1, 0.15) is 0 Å².